The van der Waals surface area contributed by atoms with Crippen LogP contribution in [-0.4, -0.2) is 40.6 Å². The number of anilines is 1. The summed E-state index contributed by atoms with van der Waals surface area (Å²) in [6, 6.07) is 7.11. The van der Waals surface area contributed by atoms with E-state index in [4.69, 9.17) is 0 Å². The van der Waals surface area contributed by atoms with Crippen LogP contribution in [0.15, 0.2) is 59.7 Å². The van der Waals surface area contributed by atoms with E-state index in [1.165, 1.54) is 0 Å². The van der Waals surface area contributed by atoms with E-state index >= 15 is 0 Å². The Morgan fingerprint density at radius 2 is 2.08 bits per heavy atom. The number of hydrogen-bond acceptors (Lipinski definition) is 5. The molecule has 0 aromatic carbocycles. The normalized spacial score (nSPS) is 10.8. The highest BCUT2D eigenvalue weighted by atomic mass is 79.9. The van der Waals surface area contributed by atoms with Gasteiger partial charge in [-0.2, -0.15) is 15.3 Å². The molecule has 4 aromatic rings. The van der Waals surface area contributed by atoms with Gasteiger partial charge in [-0.25, -0.2) is 4.68 Å². The number of halogens is 1. The second kappa shape index (κ2) is 6.92. The standard InChI is InChI=1S/C16H13BrN8O/c17-12-8-19-25(9-12)10-24-6-3-13(23-24)16(26)20-15-7-14(21-22-15)11-1-4-18-5-2-11/h1-9H,10H2,(H2,20,21,22,26). The van der Waals surface area contributed by atoms with E-state index in [-0.39, 0.29) is 5.91 Å². The fraction of sp³-hybridized carbons (Fsp3) is 0.0625. The van der Waals surface area contributed by atoms with E-state index in [1.807, 2.05) is 18.3 Å². The number of nitrogens with zero attached hydrogens (tertiary/aromatic N) is 6. The van der Waals surface area contributed by atoms with E-state index in [1.54, 1.807) is 46.3 Å². The minimum Gasteiger partial charge on any atom is -0.304 e. The van der Waals surface area contributed by atoms with Crippen LogP contribution in [-0.2, 0) is 6.67 Å². The minimum absolute atomic E-state index is 0.296. The molecule has 10 heteroatoms. The first-order chi connectivity index (χ1) is 12.7. The number of hydrogen-bond donors (Lipinski definition) is 2. The third-order valence-electron chi connectivity index (χ3n) is 3.58. The van der Waals surface area contributed by atoms with Crippen LogP contribution in [0.3, 0.4) is 0 Å². The maximum absolute atomic E-state index is 12.3. The number of H-pyrrole nitrogens is 1. The summed E-state index contributed by atoms with van der Waals surface area (Å²) in [5.74, 6) is 0.0885. The second-order valence-corrected chi connectivity index (χ2v) is 6.35. The lowest BCUT2D eigenvalue weighted by molar-refractivity contribution is 0.102. The Morgan fingerprint density at radius 1 is 1.23 bits per heavy atom. The largest absolute Gasteiger partial charge is 0.304 e. The van der Waals surface area contributed by atoms with Gasteiger partial charge in [0.1, 0.15) is 6.67 Å². The molecule has 0 radical (unpaired) electrons. The zero-order chi connectivity index (χ0) is 17.9. The molecule has 0 saturated heterocycles. The van der Waals surface area contributed by atoms with E-state index in [0.717, 1.165) is 15.7 Å². The van der Waals surface area contributed by atoms with Gasteiger partial charge in [0.05, 0.1) is 16.4 Å². The van der Waals surface area contributed by atoms with Crippen molar-refractivity contribution in [2.45, 2.75) is 6.67 Å². The van der Waals surface area contributed by atoms with E-state index < -0.39 is 0 Å². The van der Waals surface area contributed by atoms with Crippen LogP contribution in [0.25, 0.3) is 11.3 Å². The Hall–Kier alpha value is -3.27. The van der Waals surface area contributed by atoms with Crippen molar-refractivity contribution in [2.75, 3.05) is 5.32 Å². The number of carbonyl (C=O) groups is 1. The van der Waals surface area contributed by atoms with Gasteiger partial charge in [-0.05, 0) is 34.1 Å². The van der Waals surface area contributed by atoms with Gasteiger partial charge in [0.15, 0.2) is 11.5 Å². The molecule has 0 aliphatic heterocycles. The van der Waals surface area contributed by atoms with Gasteiger partial charge in [0.2, 0.25) is 0 Å². The SMILES string of the molecule is O=C(Nc1cc(-c2ccncc2)[nH]n1)c1ccn(Cn2cc(Br)cn2)n1. The Morgan fingerprint density at radius 3 is 2.85 bits per heavy atom. The van der Waals surface area contributed by atoms with Crippen molar-refractivity contribution in [3.8, 4) is 11.3 Å². The second-order valence-electron chi connectivity index (χ2n) is 5.44. The van der Waals surface area contributed by atoms with Gasteiger partial charge in [-0.15, -0.1) is 0 Å². The molecule has 0 atom stereocenters. The molecule has 9 nitrogen and oxygen atoms in total. The van der Waals surface area contributed by atoms with Crippen molar-refractivity contribution in [3.05, 3.63) is 65.4 Å². The smallest absolute Gasteiger partial charge is 0.277 e. The van der Waals surface area contributed by atoms with Crippen LogP contribution in [0.2, 0.25) is 0 Å². The van der Waals surface area contributed by atoms with Gasteiger partial charge in [0.25, 0.3) is 5.91 Å². The molecule has 2 N–H and O–H groups in total. The van der Waals surface area contributed by atoms with Crippen molar-refractivity contribution >= 4 is 27.7 Å². The zero-order valence-electron chi connectivity index (χ0n) is 13.4. The number of pyridine rings is 1. The number of aromatic amines is 1. The topological polar surface area (TPSA) is 106 Å². The van der Waals surface area contributed by atoms with E-state index in [2.05, 4.69) is 46.6 Å². The van der Waals surface area contributed by atoms with Crippen LogP contribution < -0.4 is 5.32 Å². The van der Waals surface area contributed by atoms with E-state index in [0.29, 0.717) is 18.2 Å². The summed E-state index contributed by atoms with van der Waals surface area (Å²) >= 11 is 3.34. The zero-order valence-corrected chi connectivity index (χ0v) is 15.0. The van der Waals surface area contributed by atoms with Gasteiger partial charge in [-0.1, -0.05) is 0 Å². The first-order valence-corrected chi connectivity index (χ1v) is 8.45. The number of carbonyl (C=O) groups excluding carboxylic acids is 1. The average Bonchev–Trinajstić information content (AvgIpc) is 3.38. The molecule has 4 aromatic heterocycles. The molecule has 0 fully saturated rings. The fourth-order valence-corrected chi connectivity index (χ4v) is 2.70. The molecule has 0 bridgehead atoms. The molecule has 4 rings (SSSR count). The predicted octanol–water partition coefficient (Wildman–Crippen LogP) is 2.39. The lowest BCUT2D eigenvalue weighted by Gasteiger charge is -2.01. The third kappa shape index (κ3) is 3.54. The number of amides is 1. The molecule has 1 amide bonds. The molecule has 0 aliphatic rings. The summed E-state index contributed by atoms with van der Waals surface area (Å²) < 4.78 is 4.21. The Balaban J connectivity index is 1.43. The predicted molar refractivity (Wildman–Crippen MR) is 97.3 cm³/mol. The minimum atomic E-state index is -0.335. The maximum Gasteiger partial charge on any atom is 0.277 e. The van der Waals surface area contributed by atoms with Crippen molar-refractivity contribution in [2.24, 2.45) is 0 Å². The molecule has 130 valence electrons. The molecule has 0 aliphatic carbocycles. The van der Waals surface area contributed by atoms with Crippen molar-refractivity contribution in [1.29, 1.82) is 0 Å². The molecule has 26 heavy (non-hydrogen) atoms. The highest BCUT2D eigenvalue weighted by Crippen LogP contribution is 2.18. The van der Waals surface area contributed by atoms with Crippen LogP contribution in [0.5, 0.6) is 0 Å². The summed E-state index contributed by atoms with van der Waals surface area (Å²) in [4.78, 5) is 16.3. The lowest BCUT2D eigenvalue weighted by atomic mass is 10.2. The quantitative estimate of drug-likeness (QED) is 0.523. The van der Waals surface area contributed by atoms with Crippen LogP contribution in [0.4, 0.5) is 5.82 Å². The first kappa shape index (κ1) is 16.2. The summed E-state index contributed by atoms with van der Waals surface area (Å²) in [5.41, 5.74) is 2.02. The van der Waals surface area contributed by atoms with Gasteiger partial charge < -0.3 is 5.32 Å². The average molecular weight is 413 g/mol. The molecular formula is C16H13BrN8O. The van der Waals surface area contributed by atoms with Crippen molar-refractivity contribution < 1.29 is 4.79 Å². The maximum atomic E-state index is 12.3. The summed E-state index contributed by atoms with van der Waals surface area (Å²) in [7, 11) is 0. The molecule has 4 heterocycles. The Labute approximate surface area is 156 Å². The molecular weight excluding hydrogens is 400 g/mol. The number of nitrogens with one attached hydrogen (secondary N) is 2. The fourth-order valence-electron chi connectivity index (χ4n) is 2.37. The van der Waals surface area contributed by atoms with Crippen molar-refractivity contribution in [1.82, 2.24) is 34.7 Å². The Kier molecular flexibility index (Phi) is 4.32. The molecule has 0 saturated carbocycles. The van der Waals surface area contributed by atoms with Gasteiger partial charge >= 0.3 is 0 Å². The summed E-state index contributed by atoms with van der Waals surface area (Å²) in [5, 5.41) is 18.1. The lowest BCUT2D eigenvalue weighted by Crippen LogP contribution is -2.15. The van der Waals surface area contributed by atoms with Crippen LogP contribution in [0.1, 0.15) is 10.5 Å². The van der Waals surface area contributed by atoms with Crippen molar-refractivity contribution in [3.63, 3.8) is 0 Å². The summed E-state index contributed by atoms with van der Waals surface area (Å²) in [6.45, 7) is 0.410. The van der Waals surface area contributed by atoms with Crippen LogP contribution >= 0.6 is 15.9 Å². The summed E-state index contributed by atoms with van der Waals surface area (Å²) in [6.07, 6.45) is 8.62. The molecule has 0 spiro atoms. The van der Waals surface area contributed by atoms with Gasteiger partial charge in [0, 0.05) is 36.4 Å². The first-order valence-electron chi connectivity index (χ1n) is 7.66. The van der Waals surface area contributed by atoms with Crippen LogP contribution in [0, 0.1) is 0 Å². The van der Waals surface area contributed by atoms with Gasteiger partial charge in [-0.3, -0.25) is 19.6 Å². The number of aromatic nitrogens is 7. The third-order valence-corrected chi connectivity index (χ3v) is 3.99. The highest BCUT2D eigenvalue weighted by Gasteiger charge is 2.12. The Bertz CT molecular complexity index is 1040. The molecule has 0 unspecified atom stereocenters. The van der Waals surface area contributed by atoms with E-state index in [9.17, 15) is 4.79 Å². The highest BCUT2D eigenvalue weighted by molar-refractivity contribution is 9.10. The monoisotopic (exact) mass is 412 g/mol. The number of rotatable bonds is 5.